The highest BCUT2D eigenvalue weighted by molar-refractivity contribution is 4.89. The maximum atomic E-state index is 6.82. The van der Waals surface area contributed by atoms with Gasteiger partial charge in [0.2, 0.25) is 0 Å². The summed E-state index contributed by atoms with van der Waals surface area (Å²) < 4.78 is 0. The molecule has 0 amide bonds. The van der Waals surface area contributed by atoms with Crippen molar-refractivity contribution >= 4 is 0 Å². The van der Waals surface area contributed by atoms with E-state index in [1.165, 1.54) is 0 Å². The minimum Gasteiger partial charge on any atom is -0.317 e. The van der Waals surface area contributed by atoms with Crippen LogP contribution in [0.15, 0.2) is 0 Å². The highest BCUT2D eigenvalue weighted by Gasteiger charge is 2.08. The van der Waals surface area contributed by atoms with Crippen molar-refractivity contribution < 1.29 is 0 Å². The van der Waals surface area contributed by atoms with Crippen LogP contribution in [0.3, 0.4) is 0 Å². The molecule has 0 bridgehead atoms. The van der Waals surface area contributed by atoms with E-state index in [1.807, 2.05) is 0 Å². The van der Waals surface area contributed by atoms with E-state index in [1.54, 1.807) is 0 Å². The van der Waals surface area contributed by atoms with Crippen molar-refractivity contribution in [2.75, 3.05) is 13.1 Å². The number of rotatable bonds is 0. The van der Waals surface area contributed by atoms with Gasteiger partial charge < -0.3 is 5.32 Å². The maximum Gasteiger partial charge on any atom is 0.0237 e. The standard InChI is InChI=1S/C7H10N/c1-2-7-3-5-8-6-4-7/h7-8H,3-6H2. The molecule has 1 nitrogen and oxygen atoms in total. The molecule has 1 rings (SSSR count). The van der Waals surface area contributed by atoms with E-state index < -0.39 is 0 Å². The zero-order valence-electron chi connectivity index (χ0n) is 4.91. The van der Waals surface area contributed by atoms with Crippen LogP contribution in [-0.4, -0.2) is 13.1 Å². The molecule has 1 saturated heterocycles. The molecule has 1 aliphatic heterocycles. The van der Waals surface area contributed by atoms with Gasteiger partial charge in [0.1, 0.15) is 0 Å². The predicted molar refractivity (Wildman–Crippen MR) is 32.7 cm³/mol. The van der Waals surface area contributed by atoms with Gasteiger partial charge in [0.25, 0.3) is 0 Å². The Kier molecular flexibility index (Phi) is 1.93. The van der Waals surface area contributed by atoms with Gasteiger partial charge in [0, 0.05) is 5.92 Å². The second kappa shape index (κ2) is 2.74. The molecule has 0 unspecified atom stereocenters. The fourth-order valence-electron chi connectivity index (χ4n) is 0.966. The number of hydrogen-bond donors (Lipinski definition) is 1. The Bertz CT molecular complexity index is 95.4. The molecule has 1 heterocycles. The molecule has 0 aromatic carbocycles. The van der Waals surface area contributed by atoms with Crippen LogP contribution in [0.25, 0.3) is 0 Å². The van der Waals surface area contributed by atoms with Gasteiger partial charge in [-0.2, -0.15) is 0 Å². The Morgan fingerprint density at radius 1 is 1.38 bits per heavy atom. The van der Waals surface area contributed by atoms with Gasteiger partial charge in [-0.15, -0.1) is 0 Å². The Hall–Kier alpha value is -0.480. The summed E-state index contributed by atoms with van der Waals surface area (Å²) in [6.45, 7) is 2.13. The second-order valence-corrected chi connectivity index (χ2v) is 2.17. The van der Waals surface area contributed by atoms with E-state index in [0.29, 0.717) is 5.92 Å². The molecule has 8 heavy (non-hydrogen) atoms. The van der Waals surface area contributed by atoms with Crippen molar-refractivity contribution in [2.45, 2.75) is 12.8 Å². The van der Waals surface area contributed by atoms with Crippen LogP contribution in [0.5, 0.6) is 0 Å². The smallest absolute Gasteiger partial charge is 0.0237 e. The van der Waals surface area contributed by atoms with Crippen LogP contribution >= 0.6 is 0 Å². The molecule has 43 valence electrons. The fourth-order valence-corrected chi connectivity index (χ4v) is 0.966. The summed E-state index contributed by atoms with van der Waals surface area (Å²) >= 11 is 0. The van der Waals surface area contributed by atoms with Crippen LogP contribution in [0.2, 0.25) is 0 Å². The molecule has 1 aliphatic rings. The molecule has 0 atom stereocenters. The predicted octanol–water partition coefficient (Wildman–Crippen LogP) is 0.576. The molecule has 1 radical (unpaired) electrons. The minimum atomic E-state index is 0.441. The molecular formula is C7H10N. The first-order valence-corrected chi connectivity index (χ1v) is 3.06. The van der Waals surface area contributed by atoms with E-state index >= 15 is 0 Å². The lowest BCUT2D eigenvalue weighted by molar-refractivity contribution is 0.447. The highest BCUT2D eigenvalue weighted by Crippen LogP contribution is 2.08. The van der Waals surface area contributed by atoms with Crippen molar-refractivity contribution in [2.24, 2.45) is 5.92 Å². The average molecular weight is 108 g/mol. The van der Waals surface area contributed by atoms with Crippen LogP contribution in [-0.2, 0) is 0 Å². The summed E-state index contributed by atoms with van der Waals surface area (Å²) in [5.41, 5.74) is 0. The van der Waals surface area contributed by atoms with E-state index in [9.17, 15) is 0 Å². The van der Waals surface area contributed by atoms with Crippen molar-refractivity contribution in [3.63, 3.8) is 0 Å². The van der Waals surface area contributed by atoms with Gasteiger partial charge >= 0.3 is 0 Å². The fraction of sp³-hybridized carbons (Fsp3) is 0.714. The van der Waals surface area contributed by atoms with Gasteiger partial charge in [-0.1, -0.05) is 5.92 Å². The third-order valence-corrected chi connectivity index (χ3v) is 1.54. The van der Waals surface area contributed by atoms with Crippen LogP contribution in [0.1, 0.15) is 12.8 Å². The first-order valence-electron chi connectivity index (χ1n) is 3.06. The summed E-state index contributed by atoms with van der Waals surface area (Å²) in [4.78, 5) is 0. The summed E-state index contributed by atoms with van der Waals surface area (Å²) in [6, 6.07) is 0. The van der Waals surface area contributed by atoms with Gasteiger partial charge in [-0.3, -0.25) is 0 Å². The summed E-state index contributed by atoms with van der Waals surface area (Å²) in [7, 11) is 0. The number of nitrogens with one attached hydrogen (secondary N) is 1. The molecule has 1 N–H and O–H groups in total. The lowest BCUT2D eigenvalue weighted by Gasteiger charge is -2.16. The first kappa shape index (κ1) is 5.65. The van der Waals surface area contributed by atoms with Crippen molar-refractivity contribution in [1.82, 2.24) is 5.32 Å². The molecule has 1 fully saturated rings. The SMILES string of the molecule is [C]#CC1CCNCC1. The van der Waals surface area contributed by atoms with E-state index in [-0.39, 0.29) is 0 Å². The summed E-state index contributed by atoms with van der Waals surface area (Å²) in [6.07, 6.45) is 9.02. The van der Waals surface area contributed by atoms with Crippen LogP contribution < -0.4 is 5.32 Å². The Labute approximate surface area is 50.5 Å². The third kappa shape index (κ3) is 1.24. The van der Waals surface area contributed by atoms with Gasteiger partial charge in [0.15, 0.2) is 0 Å². The van der Waals surface area contributed by atoms with E-state index in [2.05, 4.69) is 11.2 Å². The third-order valence-electron chi connectivity index (χ3n) is 1.54. The molecule has 0 aliphatic carbocycles. The highest BCUT2D eigenvalue weighted by atomic mass is 14.9. The van der Waals surface area contributed by atoms with Gasteiger partial charge in [-0.05, 0) is 32.4 Å². The molecular weight excluding hydrogens is 98.1 g/mol. The Morgan fingerprint density at radius 3 is 2.38 bits per heavy atom. The largest absolute Gasteiger partial charge is 0.317 e. The number of hydrogen-bond acceptors (Lipinski definition) is 1. The van der Waals surface area contributed by atoms with Crippen LogP contribution in [0, 0.1) is 18.3 Å². The second-order valence-electron chi connectivity index (χ2n) is 2.17. The molecule has 1 heteroatoms. The molecule has 0 aromatic rings. The summed E-state index contributed by atoms with van der Waals surface area (Å²) in [5, 5.41) is 3.23. The van der Waals surface area contributed by atoms with Gasteiger partial charge in [-0.25, -0.2) is 0 Å². The minimum absolute atomic E-state index is 0.441. The first-order chi connectivity index (χ1) is 3.93. The summed E-state index contributed by atoms with van der Waals surface area (Å²) in [5.74, 6) is 2.95. The number of piperidine rings is 1. The quantitative estimate of drug-likeness (QED) is 0.447. The molecule has 0 spiro atoms. The van der Waals surface area contributed by atoms with Crippen molar-refractivity contribution in [3.05, 3.63) is 6.42 Å². The molecule has 0 saturated carbocycles. The average Bonchev–Trinajstić information content (AvgIpc) is 1.90. The van der Waals surface area contributed by atoms with Crippen molar-refractivity contribution in [3.8, 4) is 5.92 Å². The van der Waals surface area contributed by atoms with E-state index in [4.69, 9.17) is 6.42 Å². The van der Waals surface area contributed by atoms with Crippen LogP contribution in [0.4, 0.5) is 0 Å². The monoisotopic (exact) mass is 108 g/mol. The Morgan fingerprint density at radius 2 is 2.00 bits per heavy atom. The zero-order valence-corrected chi connectivity index (χ0v) is 4.91. The lowest BCUT2D eigenvalue weighted by Crippen LogP contribution is -2.26. The van der Waals surface area contributed by atoms with Gasteiger partial charge in [0.05, 0.1) is 0 Å². The topological polar surface area (TPSA) is 12.0 Å². The molecule has 0 aromatic heterocycles. The maximum absolute atomic E-state index is 6.82. The van der Waals surface area contributed by atoms with Crippen molar-refractivity contribution in [1.29, 1.82) is 0 Å². The van der Waals surface area contributed by atoms with E-state index in [0.717, 1.165) is 25.9 Å². The normalized spacial score (nSPS) is 22.4. The lowest BCUT2D eigenvalue weighted by atomic mass is 10.00. The zero-order chi connectivity index (χ0) is 5.82. The Balaban J connectivity index is 2.25.